The number of rotatable bonds is 4. The largest absolute Gasteiger partial charge is 0.461 e. The Kier molecular flexibility index (Phi) is 4.34. The van der Waals surface area contributed by atoms with Crippen LogP contribution in [0.1, 0.15) is 6.92 Å². The number of furan rings is 1. The van der Waals surface area contributed by atoms with Gasteiger partial charge in [0.05, 0.1) is 17.0 Å². The highest BCUT2D eigenvalue weighted by molar-refractivity contribution is 8.00. The van der Waals surface area contributed by atoms with Crippen molar-refractivity contribution in [1.29, 1.82) is 0 Å². The number of hydrogen-bond donors (Lipinski definition) is 0. The van der Waals surface area contributed by atoms with E-state index < -0.39 is 0 Å². The number of fused-ring (bicyclic) bond motifs is 1. The average molecular weight is 327 g/mol. The Morgan fingerprint density at radius 1 is 1.17 bits per heavy atom. The summed E-state index contributed by atoms with van der Waals surface area (Å²) in [7, 11) is 3.51. The van der Waals surface area contributed by atoms with Gasteiger partial charge >= 0.3 is 0 Å². The summed E-state index contributed by atoms with van der Waals surface area (Å²) in [6.45, 7) is 1.89. The number of aromatic nitrogens is 2. The zero-order valence-corrected chi connectivity index (χ0v) is 14.0. The molecule has 1 aromatic carbocycles. The summed E-state index contributed by atoms with van der Waals surface area (Å²) in [5.41, 5.74) is 0.834. The maximum absolute atomic E-state index is 12.1. The first-order valence-corrected chi connectivity index (χ1v) is 8.12. The maximum Gasteiger partial charge on any atom is 0.235 e. The predicted octanol–water partition coefficient (Wildman–Crippen LogP) is 3.46. The molecule has 0 saturated heterocycles. The van der Waals surface area contributed by atoms with E-state index in [0.717, 1.165) is 15.9 Å². The lowest BCUT2D eigenvalue weighted by Gasteiger charge is -2.16. The van der Waals surface area contributed by atoms with Crippen molar-refractivity contribution < 1.29 is 9.21 Å². The molecule has 0 spiro atoms. The number of carbonyl (C=O) groups is 1. The van der Waals surface area contributed by atoms with Gasteiger partial charge in [-0.2, -0.15) is 0 Å². The van der Waals surface area contributed by atoms with Crippen LogP contribution in [0.15, 0.2) is 52.1 Å². The van der Waals surface area contributed by atoms with Crippen molar-refractivity contribution in [1.82, 2.24) is 14.9 Å². The lowest BCUT2D eigenvalue weighted by molar-refractivity contribution is -0.127. The van der Waals surface area contributed by atoms with Gasteiger partial charge in [-0.25, -0.2) is 9.97 Å². The molecule has 2 aromatic heterocycles. The second-order valence-electron chi connectivity index (χ2n) is 5.34. The van der Waals surface area contributed by atoms with E-state index in [2.05, 4.69) is 9.97 Å². The summed E-state index contributed by atoms with van der Waals surface area (Å²) in [6, 6.07) is 11.4. The van der Waals surface area contributed by atoms with Gasteiger partial charge < -0.3 is 9.32 Å². The van der Waals surface area contributed by atoms with Gasteiger partial charge in [0.25, 0.3) is 0 Å². The van der Waals surface area contributed by atoms with Crippen LogP contribution < -0.4 is 0 Å². The van der Waals surface area contributed by atoms with Gasteiger partial charge in [0.1, 0.15) is 5.03 Å². The third-order valence-electron chi connectivity index (χ3n) is 3.39. The smallest absolute Gasteiger partial charge is 0.235 e. The molecule has 0 saturated carbocycles. The summed E-state index contributed by atoms with van der Waals surface area (Å²) in [4.78, 5) is 22.9. The highest BCUT2D eigenvalue weighted by atomic mass is 32.2. The molecular formula is C17H17N3O2S. The van der Waals surface area contributed by atoms with Crippen LogP contribution in [-0.2, 0) is 4.79 Å². The van der Waals surface area contributed by atoms with Gasteiger partial charge in [-0.15, -0.1) is 0 Å². The number of carbonyl (C=O) groups excluding carboxylic acids is 1. The fourth-order valence-electron chi connectivity index (χ4n) is 2.23. The molecule has 3 aromatic rings. The van der Waals surface area contributed by atoms with Gasteiger partial charge in [-0.05, 0) is 25.1 Å². The predicted molar refractivity (Wildman–Crippen MR) is 91.3 cm³/mol. The van der Waals surface area contributed by atoms with Crippen LogP contribution in [0, 0.1) is 0 Å². The van der Waals surface area contributed by atoms with Gasteiger partial charge in [0.15, 0.2) is 11.6 Å². The summed E-state index contributed by atoms with van der Waals surface area (Å²) < 4.78 is 5.40. The zero-order valence-electron chi connectivity index (χ0n) is 13.2. The summed E-state index contributed by atoms with van der Waals surface area (Å²) >= 11 is 1.44. The molecule has 1 atom stereocenters. The molecule has 118 valence electrons. The average Bonchev–Trinajstić information content (AvgIpc) is 3.08. The molecule has 0 aliphatic rings. The van der Waals surface area contributed by atoms with E-state index in [-0.39, 0.29) is 11.2 Å². The van der Waals surface area contributed by atoms with Crippen LogP contribution in [-0.4, -0.2) is 40.1 Å². The van der Waals surface area contributed by atoms with Crippen molar-refractivity contribution in [3.05, 3.63) is 42.7 Å². The summed E-state index contributed by atoms with van der Waals surface area (Å²) in [6.07, 6.45) is 1.60. The molecule has 0 bridgehead atoms. The van der Waals surface area contributed by atoms with Crippen molar-refractivity contribution in [2.24, 2.45) is 0 Å². The highest BCUT2D eigenvalue weighted by Gasteiger charge is 2.19. The minimum atomic E-state index is -0.229. The van der Waals surface area contributed by atoms with Crippen molar-refractivity contribution in [3.8, 4) is 11.6 Å². The topological polar surface area (TPSA) is 59.2 Å². The minimum absolute atomic E-state index is 0.0530. The van der Waals surface area contributed by atoms with E-state index in [0.29, 0.717) is 11.6 Å². The van der Waals surface area contributed by atoms with Crippen molar-refractivity contribution in [2.75, 3.05) is 14.1 Å². The molecule has 6 heteroatoms. The second kappa shape index (κ2) is 6.42. The van der Waals surface area contributed by atoms with Crippen LogP contribution in [0.25, 0.3) is 22.5 Å². The molecule has 0 aliphatic carbocycles. The molecule has 23 heavy (non-hydrogen) atoms. The van der Waals surface area contributed by atoms with E-state index in [1.165, 1.54) is 11.8 Å². The maximum atomic E-state index is 12.1. The molecule has 3 rings (SSSR count). The molecular weight excluding hydrogens is 310 g/mol. The lowest BCUT2D eigenvalue weighted by Crippen LogP contribution is -2.29. The number of amides is 1. The number of para-hydroxylation sites is 1. The van der Waals surface area contributed by atoms with E-state index >= 15 is 0 Å². The Balaban J connectivity index is 2.05. The van der Waals surface area contributed by atoms with E-state index in [4.69, 9.17) is 4.42 Å². The molecule has 0 fully saturated rings. The zero-order chi connectivity index (χ0) is 16.4. The quantitative estimate of drug-likeness (QED) is 0.542. The van der Waals surface area contributed by atoms with Crippen LogP contribution in [0.2, 0.25) is 0 Å². The molecule has 5 nitrogen and oxygen atoms in total. The van der Waals surface area contributed by atoms with Gasteiger partial charge in [-0.1, -0.05) is 30.0 Å². The Morgan fingerprint density at radius 3 is 2.65 bits per heavy atom. The normalized spacial score (nSPS) is 12.3. The van der Waals surface area contributed by atoms with E-state index in [1.54, 1.807) is 31.3 Å². The molecule has 2 heterocycles. The molecule has 0 unspecified atom stereocenters. The van der Waals surface area contributed by atoms with Crippen LogP contribution >= 0.6 is 11.8 Å². The van der Waals surface area contributed by atoms with Crippen molar-refractivity contribution >= 4 is 28.6 Å². The number of benzene rings is 1. The van der Waals surface area contributed by atoms with Gasteiger partial charge in [0, 0.05) is 19.5 Å². The SMILES string of the molecule is C[C@H](Sc1nc(-c2ccco2)nc2ccccc12)C(=O)N(C)C. The summed E-state index contributed by atoms with van der Waals surface area (Å²) in [5.74, 6) is 1.20. The monoisotopic (exact) mass is 327 g/mol. The van der Waals surface area contributed by atoms with Crippen molar-refractivity contribution in [2.45, 2.75) is 17.2 Å². The first-order chi connectivity index (χ1) is 11.1. The summed E-state index contributed by atoms with van der Waals surface area (Å²) in [5, 5.41) is 1.49. The fourth-order valence-corrected chi connectivity index (χ4v) is 3.32. The number of hydrogen-bond acceptors (Lipinski definition) is 5. The standard InChI is InChI=1S/C17H17N3O2S/c1-11(17(21)20(2)3)23-16-12-7-4-5-8-13(12)18-15(19-16)14-9-6-10-22-14/h4-11H,1-3H3/t11-/m0/s1. The minimum Gasteiger partial charge on any atom is -0.461 e. The van der Waals surface area contributed by atoms with Gasteiger partial charge in [-0.3, -0.25) is 4.79 Å². The van der Waals surface area contributed by atoms with E-state index in [9.17, 15) is 4.79 Å². The Labute approximate surface area is 138 Å². The lowest BCUT2D eigenvalue weighted by atomic mass is 10.2. The first kappa shape index (κ1) is 15.6. The van der Waals surface area contributed by atoms with E-state index in [1.807, 2.05) is 37.3 Å². The number of thioether (sulfide) groups is 1. The first-order valence-electron chi connectivity index (χ1n) is 7.24. The Bertz CT molecular complexity index is 831. The van der Waals surface area contributed by atoms with Crippen molar-refractivity contribution in [3.63, 3.8) is 0 Å². The third kappa shape index (κ3) is 3.22. The Morgan fingerprint density at radius 2 is 1.96 bits per heavy atom. The molecule has 0 radical (unpaired) electrons. The highest BCUT2D eigenvalue weighted by Crippen LogP contribution is 2.31. The Hall–Kier alpha value is -2.34. The van der Waals surface area contributed by atoms with Crippen LogP contribution in [0.3, 0.4) is 0 Å². The second-order valence-corrected chi connectivity index (χ2v) is 6.67. The fraction of sp³-hybridized carbons (Fsp3) is 0.235. The molecule has 0 aliphatic heterocycles. The molecule has 0 N–H and O–H groups in total. The third-order valence-corrected chi connectivity index (χ3v) is 4.48. The molecule has 1 amide bonds. The van der Waals surface area contributed by atoms with Gasteiger partial charge in [0.2, 0.25) is 5.91 Å². The number of nitrogens with zero attached hydrogens (tertiary/aromatic N) is 3. The van der Waals surface area contributed by atoms with Crippen LogP contribution in [0.4, 0.5) is 0 Å². The van der Waals surface area contributed by atoms with Crippen LogP contribution in [0.5, 0.6) is 0 Å².